The van der Waals surface area contributed by atoms with Crippen LogP contribution in [0.2, 0.25) is 0 Å². The lowest BCUT2D eigenvalue weighted by Gasteiger charge is -2.17. The average molecular weight is 424 g/mol. The SMILES string of the molecule is CCN(CC)C(=O)COC(=O)C=Cc1cn(Cc2ccccc2)nc1-c1cccs1. The highest BCUT2D eigenvalue weighted by Crippen LogP contribution is 2.27. The summed E-state index contributed by atoms with van der Waals surface area (Å²) >= 11 is 1.59. The molecule has 0 fully saturated rings. The van der Waals surface area contributed by atoms with E-state index in [1.165, 1.54) is 6.08 Å². The van der Waals surface area contributed by atoms with Gasteiger partial charge in [-0.15, -0.1) is 11.3 Å². The van der Waals surface area contributed by atoms with Crippen molar-refractivity contribution in [1.82, 2.24) is 14.7 Å². The molecule has 0 spiro atoms. The zero-order chi connectivity index (χ0) is 21.3. The van der Waals surface area contributed by atoms with Crippen LogP contribution in [0.5, 0.6) is 0 Å². The minimum atomic E-state index is -0.552. The maximum atomic E-state index is 12.1. The predicted octanol–water partition coefficient (Wildman–Crippen LogP) is 4.08. The number of esters is 1. The largest absolute Gasteiger partial charge is 0.452 e. The van der Waals surface area contributed by atoms with Gasteiger partial charge in [0, 0.05) is 30.9 Å². The fraction of sp³-hybridized carbons (Fsp3) is 0.261. The number of carbonyl (C=O) groups excluding carboxylic acids is 2. The fourth-order valence-electron chi connectivity index (χ4n) is 3.02. The van der Waals surface area contributed by atoms with E-state index >= 15 is 0 Å². The molecule has 0 unspecified atom stereocenters. The molecule has 7 heteroatoms. The van der Waals surface area contributed by atoms with Crippen LogP contribution in [-0.4, -0.2) is 46.3 Å². The molecule has 0 saturated carbocycles. The van der Waals surface area contributed by atoms with E-state index in [-0.39, 0.29) is 12.5 Å². The zero-order valence-corrected chi connectivity index (χ0v) is 18.0. The Kier molecular flexibility index (Phi) is 7.57. The van der Waals surface area contributed by atoms with Crippen molar-refractivity contribution in [3.63, 3.8) is 0 Å². The number of benzene rings is 1. The molecule has 0 aliphatic rings. The number of thiophene rings is 1. The van der Waals surface area contributed by atoms with E-state index in [9.17, 15) is 9.59 Å². The maximum absolute atomic E-state index is 12.1. The summed E-state index contributed by atoms with van der Waals surface area (Å²) in [6.45, 7) is 5.34. The molecule has 3 aromatic rings. The van der Waals surface area contributed by atoms with Crippen LogP contribution >= 0.6 is 11.3 Å². The highest BCUT2D eigenvalue weighted by atomic mass is 32.1. The Balaban J connectivity index is 1.72. The van der Waals surface area contributed by atoms with Gasteiger partial charge in [0.25, 0.3) is 5.91 Å². The Morgan fingerprint density at radius 2 is 1.90 bits per heavy atom. The third kappa shape index (κ3) is 5.67. The average Bonchev–Trinajstić information content (AvgIpc) is 3.42. The lowest BCUT2D eigenvalue weighted by atomic mass is 10.2. The Morgan fingerprint density at radius 1 is 1.13 bits per heavy atom. The van der Waals surface area contributed by atoms with Crippen molar-refractivity contribution in [3.05, 3.63) is 71.2 Å². The lowest BCUT2D eigenvalue weighted by molar-refractivity contribution is -0.147. The normalized spacial score (nSPS) is 11.0. The van der Waals surface area contributed by atoms with Gasteiger partial charge in [0.2, 0.25) is 0 Å². The van der Waals surface area contributed by atoms with Crippen molar-refractivity contribution in [3.8, 4) is 10.6 Å². The summed E-state index contributed by atoms with van der Waals surface area (Å²) in [6, 6.07) is 14.0. The number of hydrogen-bond acceptors (Lipinski definition) is 5. The molecule has 0 aliphatic heterocycles. The van der Waals surface area contributed by atoms with Gasteiger partial charge in [-0.3, -0.25) is 9.48 Å². The first-order chi connectivity index (χ1) is 14.6. The van der Waals surface area contributed by atoms with Crippen LogP contribution in [0.1, 0.15) is 25.0 Å². The summed E-state index contributed by atoms with van der Waals surface area (Å²) < 4.78 is 6.96. The molecular weight excluding hydrogens is 398 g/mol. The van der Waals surface area contributed by atoms with Crippen molar-refractivity contribution in [2.75, 3.05) is 19.7 Å². The van der Waals surface area contributed by atoms with E-state index in [0.717, 1.165) is 21.7 Å². The van der Waals surface area contributed by atoms with Crippen LogP contribution in [0.25, 0.3) is 16.6 Å². The monoisotopic (exact) mass is 423 g/mol. The molecule has 6 nitrogen and oxygen atoms in total. The van der Waals surface area contributed by atoms with Crippen LogP contribution in [0, 0.1) is 0 Å². The second-order valence-corrected chi connectivity index (χ2v) is 7.55. The van der Waals surface area contributed by atoms with Crippen molar-refractivity contribution in [1.29, 1.82) is 0 Å². The van der Waals surface area contributed by atoms with E-state index in [1.807, 2.05) is 72.6 Å². The lowest BCUT2D eigenvalue weighted by Crippen LogP contribution is -2.34. The molecule has 0 bridgehead atoms. The minimum Gasteiger partial charge on any atom is -0.452 e. The van der Waals surface area contributed by atoms with Crippen molar-refractivity contribution >= 4 is 29.3 Å². The first-order valence-corrected chi connectivity index (χ1v) is 10.8. The predicted molar refractivity (Wildman–Crippen MR) is 119 cm³/mol. The summed E-state index contributed by atoms with van der Waals surface area (Å²) in [6.07, 6.45) is 4.94. The quantitative estimate of drug-likeness (QED) is 0.384. The second kappa shape index (κ2) is 10.5. The summed E-state index contributed by atoms with van der Waals surface area (Å²) in [7, 11) is 0. The molecule has 0 N–H and O–H groups in total. The molecule has 1 amide bonds. The van der Waals surface area contributed by atoms with Crippen LogP contribution in [-0.2, 0) is 20.9 Å². The van der Waals surface area contributed by atoms with Gasteiger partial charge in [0.15, 0.2) is 6.61 Å². The molecule has 2 heterocycles. The van der Waals surface area contributed by atoms with E-state index in [4.69, 9.17) is 9.84 Å². The number of ether oxygens (including phenoxy) is 1. The van der Waals surface area contributed by atoms with Crippen molar-refractivity contribution in [2.45, 2.75) is 20.4 Å². The van der Waals surface area contributed by atoms with Gasteiger partial charge in [-0.05, 0) is 36.9 Å². The van der Waals surface area contributed by atoms with Gasteiger partial charge in [0.1, 0.15) is 5.69 Å². The maximum Gasteiger partial charge on any atom is 0.331 e. The van der Waals surface area contributed by atoms with E-state index < -0.39 is 5.97 Å². The molecule has 2 aromatic heterocycles. The third-order valence-electron chi connectivity index (χ3n) is 4.58. The number of amides is 1. The number of nitrogens with zero attached hydrogens (tertiary/aromatic N) is 3. The Morgan fingerprint density at radius 3 is 2.57 bits per heavy atom. The highest BCUT2D eigenvalue weighted by molar-refractivity contribution is 7.13. The smallest absolute Gasteiger partial charge is 0.331 e. The zero-order valence-electron chi connectivity index (χ0n) is 17.2. The van der Waals surface area contributed by atoms with Crippen molar-refractivity contribution in [2.24, 2.45) is 0 Å². The summed E-state index contributed by atoms with van der Waals surface area (Å²) in [5, 5.41) is 6.70. The number of rotatable bonds is 9. The van der Waals surface area contributed by atoms with Gasteiger partial charge in [-0.2, -0.15) is 5.10 Å². The van der Waals surface area contributed by atoms with Gasteiger partial charge in [0.05, 0.1) is 11.4 Å². The molecule has 0 radical (unpaired) electrons. The molecule has 3 rings (SSSR count). The second-order valence-electron chi connectivity index (χ2n) is 6.60. The summed E-state index contributed by atoms with van der Waals surface area (Å²) in [4.78, 5) is 26.7. The minimum absolute atomic E-state index is 0.197. The molecule has 156 valence electrons. The number of likely N-dealkylation sites (N-methyl/N-ethyl adjacent to an activating group) is 1. The highest BCUT2D eigenvalue weighted by Gasteiger charge is 2.13. The first-order valence-electron chi connectivity index (χ1n) is 9.88. The van der Waals surface area contributed by atoms with Crippen LogP contribution in [0.4, 0.5) is 0 Å². The van der Waals surface area contributed by atoms with Crippen molar-refractivity contribution < 1.29 is 14.3 Å². The van der Waals surface area contributed by atoms with E-state index in [2.05, 4.69) is 0 Å². The summed E-state index contributed by atoms with van der Waals surface area (Å²) in [5.74, 6) is -0.750. The molecule has 0 atom stereocenters. The number of hydrogen-bond donors (Lipinski definition) is 0. The topological polar surface area (TPSA) is 64.4 Å². The van der Waals surface area contributed by atoms with E-state index in [1.54, 1.807) is 22.3 Å². The van der Waals surface area contributed by atoms with E-state index in [0.29, 0.717) is 19.6 Å². The number of carbonyl (C=O) groups is 2. The van der Waals surface area contributed by atoms with Gasteiger partial charge in [-0.25, -0.2) is 4.79 Å². The summed E-state index contributed by atoms with van der Waals surface area (Å²) in [5.41, 5.74) is 2.77. The third-order valence-corrected chi connectivity index (χ3v) is 5.46. The van der Waals surface area contributed by atoms with Gasteiger partial charge >= 0.3 is 5.97 Å². The standard InChI is InChI=1S/C23H25N3O3S/c1-3-25(4-2)21(27)17-29-22(28)13-12-19-16-26(15-18-9-6-5-7-10-18)24-23(19)20-11-8-14-30-20/h5-14,16H,3-4,15,17H2,1-2H3. The van der Waals surface area contributed by atoms with Gasteiger partial charge < -0.3 is 9.64 Å². The molecule has 30 heavy (non-hydrogen) atoms. The Hall–Kier alpha value is -3.19. The Bertz CT molecular complexity index is 990. The van der Waals surface area contributed by atoms with Crippen LogP contribution in [0.3, 0.4) is 0 Å². The Labute approximate surface area is 180 Å². The molecule has 0 saturated heterocycles. The fourth-order valence-corrected chi connectivity index (χ4v) is 3.75. The van der Waals surface area contributed by atoms with Crippen LogP contribution in [0.15, 0.2) is 60.1 Å². The van der Waals surface area contributed by atoms with Gasteiger partial charge in [-0.1, -0.05) is 36.4 Å². The molecule has 1 aromatic carbocycles. The first kappa shape index (κ1) is 21.5. The number of aromatic nitrogens is 2. The van der Waals surface area contributed by atoms with Crippen LogP contribution < -0.4 is 0 Å². The molecular formula is C23H25N3O3S. The molecule has 0 aliphatic carbocycles.